The summed E-state index contributed by atoms with van der Waals surface area (Å²) in [7, 11) is 1.63. The van der Waals surface area contributed by atoms with Crippen LogP contribution in [0.2, 0.25) is 0 Å². The van der Waals surface area contributed by atoms with Gasteiger partial charge in [-0.15, -0.1) is 0 Å². The SMILES string of the molecule is COc1ccc(CNc2ccc3ncn(CC4(O)CCN(C(=O)[C@@H]5CCCC[C@H]5c5ccccc5)CC4)c(=O)c3n2)cc1. The second kappa shape index (κ2) is 12.6. The van der Waals surface area contributed by atoms with Crippen LogP contribution in [0, 0.1) is 5.92 Å². The lowest BCUT2D eigenvalue weighted by Crippen LogP contribution is -2.51. The number of fused-ring (bicyclic) bond motifs is 1. The molecule has 43 heavy (non-hydrogen) atoms. The van der Waals surface area contributed by atoms with Gasteiger partial charge in [0.25, 0.3) is 5.56 Å². The Bertz CT molecular complexity index is 1610. The van der Waals surface area contributed by atoms with Crippen molar-refractivity contribution in [2.75, 3.05) is 25.5 Å². The molecule has 4 aromatic rings. The smallest absolute Gasteiger partial charge is 0.280 e. The number of carbonyl (C=O) groups is 1. The van der Waals surface area contributed by atoms with Crippen molar-refractivity contribution in [3.05, 3.63) is 94.5 Å². The van der Waals surface area contributed by atoms with Gasteiger partial charge in [-0.1, -0.05) is 55.3 Å². The van der Waals surface area contributed by atoms with Gasteiger partial charge in [-0.25, -0.2) is 9.97 Å². The van der Waals surface area contributed by atoms with E-state index in [2.05, 4.69) is 27.4 Å². The number of amides is 1. The number of benzene rings is 2. The average Bonchev–Trinajstić information content (AvgIpc) is 3.06. The molecule has 0 spiro atoms. The van der Waals surface area contributed by atoms with Gasteiger partial charge in [0.1, 0.15) is 11.6 Å². The maximum atomic E-state index is 13.7. The number of rotatable bonds is 8. The Balaban J connectivity index is 1.11. The summed E-state index contributed by atoms with van der Waals surface area (Å²) < 4.78 is 6.66. The molecule has 0 bridgehead atoms. The number of aromatic nitrogens is 3. The molecule has 0 unspecified atom stereocenters. The maximum Gasteiger partial charge on any atom is 0.280 e. The molecule has 224 valence electrons. The van der Waals surface area contributed by atoms with E-state index in [1.165, 1.54) is 16.5 Å². The van der Waals surface area contributed by atoms with Gasteiger partial charge in [-0.05, 0) is 67.0 Å². The van der Waals surface area contributed by atoms with Crippen molar-refractivity contribution in [2.45, 2.75) is 63.1 Å². The third-order valence-corrected chi connectivity index (χ3v) is 9.09. The summed E-state index contributed by atoms with van der Waals surface area (Å²) >= 11 is 0. The van der Waals surface area contributed by atoms with Crippen LogP contribution in [0.25, 0.3) is 11.0 Å². The molecule has 2 aromatic carbocycles. The molecule has 1 aliphatic heterocycles. The van der Waals surface area contributed by atoms with Crippen LogP contribution in [0.5, 0.6) is 5.75 Å². The molecule has 9 heteroatoms. The lowest BCUT2D eigenvalue weighted by molar-refractivity contribution is -0.142. The second-order valence-corrected chi connectivity index (χ2v) is 11.9. The molecular formula is C34H39N5O4. The van der Waals surface area contributed by atoms with Crippen LogP contribution in [-0.4, -0.2) is 56.2 Å². The van der Waals surface area contributed by atoms with E-state index in [0.717, 1.165) is 37.0 Å². The molecular weight excluding hydrogens is 542 g/mol. The van der Waals surface area contributed by atoms with Crippen molar-refractivity contribution in [2.24, 2.45) is 5.92 Å². The zero-order valence-electron chi connectivity index (χ0n) is 24.6. The van der Waals surface area contributed by atoms with Crippen LogP contribution in [0.15, 0.2) is 77.9 Å². The first-order valence-corrected chi connectivity index (χ1v) is 15.2. The fourth-order valence-corrected chi connectivity index (χ4v) is 6.56. The molecule has 2 aromatic heterocycles. The molecule has 2 aliphatic rings. The molecule has 1 amide bonds. The molecule has 6 rings (SSSR count). The molecule has 2 atom stereocenters. The first-order valence-electron chi connectivity index (χ1n) is 15.2. The molecule has 2 N–H and O–H groups in total. The average molecular weight is 582 g/mol. The predicted molar refractivity (Wildman–Crippen MR) is 166 cm³/mol. The number of hydrogen-bond acceptors (Lipinski definition) is 7. The molecule has 0 radical (unpaired) electrons. The fourth-order valence-electron chi connectivity index (χ4n) is 6.56. The molecule has 1 saturated carbocycles. The standard InChI is InChI=1S/C34H39N5O4/c1-43-26-13-11-24(12-14-26)21-35-30-16-15-29-31(37-30)33(41)39(23-36-29)22-34(42)17-19-38(20-18-34)32(40)28-10-6-5-9-27(28)25-7-3-2-4-8-25/h2-4,7-8,11-16,23,27-28,42H,5-6,9-10,17-22H2,1H3,(H,35,37)/t27-,28+/m0/s1. The molecule has 9 nitrogen and oxygen atoms in total. The van der Waals surface area contributed by atoms with E-state index in [1.807, 2.05) is 47.4 Å². The van der Waals surface area contributed by atoms with Crippen molar-refractivity contribution in [1.29, 1.82) is 0 Å². The van der Waals surface area contributed by atoms with E-state index in [-0.39, 0.29) is 35.4 Å². The normalized spacial score (nSPS) is 20.1. The number of methoxy groups -OCH3 is 1. The van der Waals surface area contributed by atoms with Gasteiger partial charge < -0.3 is 20.1 Å². The summed E-state index contributed by atoms with van der Waals surface area (Å²) in [5.74, 6) is 1.78. The van der Waals surface area contributed by atoms with Gasteiger partial charge in [-0.3, -0.25) is 14.2 Å². The van der Waals surface area contributed by atoms with Crippen LogP contribution in [0.3, 0.4) is 0 Å². The fraction of sp³-hybridized carbons (Fsp3) is 0.412. The van der Waals surface area contributed by atoms with Gasteiger partial charge in [-0.2, -0.15) is 0 Å². The third kappa shape index (κ3) is 6.41. The highest BCUT2D eigenvalue weighted by molar-refractivity contribution is 5.80. The number of likely N-dealkylation sites (tertiary alicyclic amines) is 1. The van der Waals surface area contributed by atoms with Gasteiger partial charge in [0.15, 0.2) is 5.52 Å². The first kappa shape index (κ1) is 28.9. The van der Waals surface area contributed by atoms with Gasteiger partial charge in [0.05, 0.1) is 31.1 Å². The van der Waals surface area contributed by atoms with E-state index in [1.54, 1.807) is 19.2 Å². The lowest BCUT2D eigenvalue weighted by atomic mass is 9.74. The number of ether oxygens (including phenoxy) is 1. The van der Waals surface area contributed by atoms with Crippen LogP contribution in [0.1, 0.15) is 55.6 Å². The summed E-state index contributed by atoms with van der Waals surface area (Å²) in [6, 6.07) is 21.7. The molecule has 1 saturated heterocycles. The quantitative estimate of drug-likeness (QED) is 0.309. The van der Waals surface area contributed by atoms with Crippen molar-refractivity contribution in [3.8, 4) is 5.75 Å². The van der Waals surface area contributed by atoms with Crippen molar-refractivity contribution >= 4 is 22.8 Å². The summed E-state index contributed by atoms with van der Waals surface area (Å²) in [4.78, 5) is 38.0. The largest absolute Gasteiger partial charge is 0.497 e. The van der Waals surface area contributed by atoms with E-state index in [4.69, 9.17) is 4.74 Å². The number of nitrogens with zero attached hydrogens (tertiary/aromatic N) is 4. The minimum Gasteiger partial charge on any atom is -0.497 e. The van der Waals surface area contributed by atoms with Gasteiger partial charge in [0.2, 0.25) is 5.91 Å². The Morgan fingerprint density at radius 1 is 1.02 bits per heavy atom. The molecule has 3 heterocycles. The zero-order valence-corrected chi connectivity index (χ0v) is 24.6. The summed E-state index contributed by atoms with van der Waals surface area (Å²) in [6.45, 7) is 1.60. The summed E-state index contributed by atoms with van der Waals surface area (Å²) in [6.07, 6.45) is 6.45. The third-order valence-electron chi connectivity index (χ3n) is 9.09. The minimum atomic E-state index is -1.11. The number of pyridine rings is 1. The number of piperidine rings is 1. The minimum absolute atomic E-state index is 0.0201. The second-order valence-electron chi connectivity index (χ2n) is 11.9. The molecule has 1 aliphatic carbocycles. The van der Waals surface area contributed by atoms with E-state index in [0.29, 0.717) is 43.8 Å². The van der Waals surface area contributed by atoms with Crippen LogP contribution >= 0.6 is 0 Å². The van der Waals surface area contributed by atoms with Crippen LogP contribution < -0.4 is 15.6 Å². The Labute approximate surface area is 251 Å². The number of carbonyl (C=O) groups excluding carboxylic acids is 1. The summed E-state index contributed by atoms with van der Waals surface area (Å²) in [5.41, 5.74) is 1.65. The Morgan fingerprint density at radius 3 is 2.51 bits per heavy atom. The first-order chi connectivity index (χ1) is 20.9. The van der Waals surface area contributed by atoms with Gasteiger partial charge in [0, 0.05) is 25.6 Å². The number of nitrogens with one attached hydrogen (secondary N) is 1. The molecule has 2 fully saturated rings. The van der Waals surface area contributed by atoms with Crippen LogP contribution in [0.4, 0.5) is 5.82 Å². The highest BCUT2D eigenvalue weighted by Crippen LogP contribution is 2.39. The number of anilines is 1. The predicted octanol–water partition coefficient (Wildman–Crippen LogP) is 4.74. The van der Waals surface area contributed by atoms with Crippen molar-refractivity contribution in [3.63, 3.8) is 0 Å². The Hall–Kier alpha value is -4.24. The van der Waals surface area contributed by atoms with E-state index in [9.17, 15) is 14.7 Å². The number of aliphatic hydroxyl groups is 1. The maximum absolute atomic E-state index is 13.7. The lowest BCUT2D eigenvalue weighted by Gasteiger charge is -2.41. The van der Waals surface area contributed by atoms with Crippen molar-refractivity contribution in [1.82, 2.24) is 19.4 Å². The van der Waals surface area contributed by atoms with E-state index < -0.39 is 5.60 Å². The highest BCUT2D eigenvalue weighted by Gasteiger charge is 2.39. The van der Waals surface area contributed by atoms with Crippen LogP contribution in [-0.2, 0) is 17.9 Å². The summed E-state index contributed by atoms with van der Waals surface area (Å²) in [5, 5.41) is 14.8. The number of hydrogen-bond donors (Lipinski definition) is 2. The van der Waals surface area contributed by atoms with Crippen molar-refractivity contribution < 1.29 is 14.6 Å². The van der Waals surface area contributed by atoms with Gasteiger partial charge >= 0.3 is 0 Å². The highest BCUT2D eigenvalue weighted by atomic mass is 16.5. The topological polar surface area (TPSA) is 110 Å². The van der Waals surface area contributed by atoms with E-state index >= 15 is 0 Å². The monoisotopic (exact) mass is 581 g/mol. The Morgan fingerprint density at radius 2 is 1.77 bits per heavy atom. The Kier molecular flexibility index (Phi) is 8.42. The zero-order chi connectivity index (χ0) is 29.8.